The maximum absolute atomic E-state index is 12.0. The molecule has 1 aromatic carbocycles. The number of hydrogen-bond acceptors (Lipinski definition) is 4. The maximum Gasteiger partial charge on any atom is 0.349 e. The van der Waals surface area contributed by atoms with Crippen LogP contribution in [0.1, 0.15) is 31.1 Å². The number of nitrogens with one attached hydrogen (secondary N) is 1. The summed E-state index contributed by atoms with van der Waals surface area (Å²) in [7, 11) is 0. The molecule has 0 atom stereocenters. The van der Waals surface area contributed by atoms with Gasteiger partial charge in [0.1, 0.15) is 16.9 Å². The standard InChI is InChI=1S/C14H15NO4/c1-14(2,3)15-12(17)10-6-8-4-5-9(16)7-11(8)19-13(10)18/h4-7,16H,1-3H3,(H,15,17). The molecule has 0 saturated carbocycles. The first-order chi connectivity index (χ1) is 8.76. The van der Waals surface area contributed by atoms with E-state index in [4.69, 9.17) is 4.42 Å². The average molecular weight is 261 g/mol. The first-order valence-electron chi connectivity index (χ1n) is 5.86. The molecule has 19 heavy (non-hydrogen) atoms. The summed E-state index contributed by atoms with van der Waals surface area (Å²) in [6.45, 7) is 5.48. The molecule has 0 fully saturated rings. The van der Waals surface area contributed by atoms with Crippen molar-refractivity contribution in [3.05, 3.63) is 40.2 Å². The van der Waals surface area contributed by atoms with Gasteiger partial charge >= 0.3 is 5.63 Å². The number of phenolic OH excluding ortho intramolecular Hbond substituents is 1. The van der Waals surface area contributed by atoms with E-state index in [1.807, 2.05) is 20.8 Å². The highest BCUT2D eigenvalue weighted by atomic mass is 16.4. The van der Waals surface area contributed by atoms with Crippen LogP contribution in [0, 0.1) is 0 Å². The number of carbonyl (C=O) groups is 1. The minimum Gasteiger partial charge on any atom is -0.508 e. The highest BCUT2D eigenvalue weighted by Crippen LogP contribution is 2.19. The quantitative estimate of drug-likeness (QED) is 0.770. The summed E-state index contributed by atoms with van der Waals surface area (Å²) < 4.78 is 5.03. The lowest BCUT2D eigenvalue weighted by atomic mass is 10.1. The topological polar surface area (TPSA) is 79.5 Å². The van der Waals surface area contributed by atoms with Crippen LogP contribution in [0.15, 0.2) is 33.5 Å². The number of phenols is 1. The molecule has 0 aliphatic heterocycles. The van der Waals surface area contributed by atoms with Crippen LogP contribution in [0.3, 0.4) is 0 Å². The van der Waals surface area contributed by atoms with Gasteiger partial charge in [-0.15, -0.1) is 0 Å². The van der Waals surface area contributed by atoms with E-state index in [1.165, 1.54) is 18.2 Å². The number of aromatic hydroxyl groups is 1. The first-order valence-corrected chi connectivity index (χ1v) is 5.86. The molecule has 5 heteroatoms. The Hall–Kier alpha value is -2.30. The SMILES string of the molecule is CC(C)(C)NC(=O)c1cc2ccc(O)cc2oc1=O. The summed E-state index contributed by atoms with van der Waals surface area (Å²) in [4.78, 5) is 23.7. The summed E-state index contributed by atoms with van der Waals surface area (Å²) >= 11 is 0. The predicted octanol–water partition coefficient (Wildman–Crippen LogP) is 2.03. The molecule has 0 radical (unpaired) electrons. The zero-order chi connectivity index (χ0) is 14.2. The monoisotopic (exact) mass is 261 g/mol. The Morgan fingerprint density at radius 1 is 1.26 bits per heavy atom. The predicted molar refractivity (Wildman–Crippen MR) is 71.4 cm³/mol. The van der Waals surface area contributed by atoms with Crippen molar-refractivity contribution in [2.24, 2.45) is 0 Å². The Bertz CT molecular complexity index is 695. The molecule has 0 aliphatic rings. The lowest BCUT2D eigenvalue weighted by Crippen LogP contribution is -2.42. The molecule has 2 rings (SSSR count). The molecular formula is C14H15NO4. The van der Waals surface area contributed by atoms with Gasteiger partial charge in [0.2, 0.25) is 0 Å². The zero-order valence-corrected chi connectivity index (χ0v) is 11.0. The fourth-order valence-corrected chi connectivity index (χ4v) is 1.67. The van der Waals surface area contributed by atoms with Gasteiger partial charge in [-0.3, -0.25) is 4.79 Å². The summed E-state index contributed by atoms with van der Waals surface area (Å²) in [6, 6.07) is 5.85. The van der Waals surface area contributed by atoms with Crippen molar-refractivity contribution in [2.75, 3.05) is 0 Å². The van der Waals surface area contributed by atoms with Crippen LogP contribution in [0.5, 0.6) is 5.75 Å². The van der Waals surface area contributed by atoms with Crippen LogP contribution in [0.2, 0.25) is 0 Å². The molecule has 0 spiro atoms. The van der Waals surface area contributed by atoms with Gasteiger partial charge in [0.05, 0.1) is 0 Å². The van der Waals surface area contributed by atoms with Gasteiger partial charge in [-0.1, -0.05) is 0 Å². The molecule has 1 aromatic heterocycles. The smallest absolute Gasteiger partial charge is 0.349 e. The molecule has 1 amide bonds. The highest BCUT2D eigenvalue weighted by Gasteiger charge is 2.19. The molecule has 2 N–H and O–H groups in total. The number of fused-ring (bicyclic) bond motifs is 1. The second kappa shape index (κ2) is 4.42. The summed E-state index contributed by atoms with van der Waals surface area (Å²) in [5, 5.41) is 12.6. The van der Waals surface area contributed by atoms with Crippen molar-refractivity contribution in [3.8, 4) is 5.75 Å². The van der Waals surface area contributed by atoms with Gasteiger partial charge in [0.25, 0.3) is 5.91 Å². The fraction of sp³-hybridized carbons (Fsp3) is 0.286. The van der Waals surface area contributed by atoms with Crippen LogP contribution in [-0.4, -0.2) is 16.6 Å². The number of carbonyl (C=O) groups excluding carboxylic acids is 1. The van der Waals surface area contributed by atoms with Crippen LogP contribution < -0.4 is 10.9 Å². The van der Waals surface area contributed by atoms with E-state index in [2.05, 4.69) is 5.32 Å². The molecule has 1 heterocycles. The Kier molecular flexibility index (Phi) is 3.06. The van der Waals surface area contributed by atoms with Crippen molar-refractivity contribution >= 4 is 16.9 Å². The third-order valence-electron chi connectivity index (χ3n) is 2.45. The van der Waals surface area contributed by atoms with Crippen molar-refractivity contribution in [1.29, 1.82) is 0 Å². The number of benzene rings is 1. The van der Waals surface area contributed by atoms with E-state index < -0.39 is 17.1 Å². The molecule has 5 nitrogen and oxygen atoms in total. The fourth-order valence-electron chi connectivity index (χ4n) is 1.67. The third kappa shape index (κ3) is 2.93. The lowest BCUT2D eigenvalue weighted by Gasteiger charge is -2.20. The van der Waals surface area contributed by atoms with Crippen LogP contribution in [0.25, 0.3) is 11.0 Å². The van der Waals surface area contributed by atoms with Gasteiger partial charge in [0.15, 0.2) is 0 Å². The van der Waals surface area contributed by atoms with Gasteiger partial charge in [0, 0.05) is 17.0 Å². The Labute approximate surface area is 109 Å². The van der Waals surface area contributed by atoms with Gasteiger partial charge in [-0.2, -0.15) is 0 Å². The van der Waals surface area contributed by atoms with E-state index in [1.54, 1.807) is 6.07 Å². The zero-order valence-electron chi connectivity index (χ0n) is 11.0. The van der Waals surface area contributed by atoms with E-state index in [9.17, 15) is 14.7 Å². The van der Waals surface area contributed by atoms with Crippen molar-refractivity contribution in [2.45, 2.75) is 26.3 Å². The second-order valence-corrected chi connectivity index (χ2v) is 5.37. The van der Waals surface area contributed by atoms with E-state index in [0.29, 0.717) is 5.39 Å². The molecule has 0 unspecified atom stereocenters. The van der Waals surface area contributed by atoms with E-state index in [-0.39, 0.29) is 16.9 Å². The molecule has 0 saturated heterocycles. The van der Waals surface area contributed by atoms with Gasteiger partial charge < -0.3 is 14.8 Å². The minimum atomic E-state index is -0.722. The normalized spacial score (nSPS) is 11.5. The largest absolute Gasteiger partial charge is 0.508 e. The van der Waals surface area contributed by atoms with Crippen molar-refractivity contribution < 1.29 is 14.3 Å². The Morgan fingerprint density at radius 3 is 2.58 bits per heavy atom. The summed E-state index contributed by atoms with van der Waals surface area (Å²) in [6.07, 6.45) is 0. The lowest BCUT2D eigenvalue weighted by molar-refractivity contribution is 0.0916. The van der Waals surface area contributed by atoms with Crippen molar-refractivity contribution in [3.63, 3.8) is 0 Å². The van der Waals surface area contributed by atoms with E-state index in [0.717, 1.165) is 0 Å². The van der Waals surface area contributed by atoms with Crippen molar-refractivity contribution in [1.82, 2.24) is 5.32 Å². The number of rotatable bonds is 1. The molecule has 2 aromatic rings. The van der Waals surface area contributed by atoms with Gasteiger partial charge in [-0.05, 0) is 39.0 Å². The first kappa shape index (κ1) is 13.1. The highest BCUT2D eigenvalue weighted by molar-refractivity contribution is 5.97. The molecular weight excluding hydrogens is 246 g/mol. The number of hydrogen-bond donors (Lipinski definition) is 2. The second-order valence-electron chi connectivity index (χ2n) is 5.37. The molecule has 0 bridgehead atoms. The Morgan fingerprint density at radius 2 is 1.95 bits per heavy atom. The summed E-state index contributed by atoms with van der Waals surface area (Å²) in [5.41, 5.74) is -0.960. The minimum absolute atomic E-state index is 0.00235. The average Bonchev–Trinajstić information content (AvgIpc) is 2.25. The molecule has 0 aliphatic carbocycles. The number of amides is 1. The van der Waals surface area contributed by atoms with Crippen LogP contribution >= 0.6 is 0 Å². The third-order valence-corrected chi connectivity index (χ3v) is 2.45. The Balaban J connectivity index is 2.50. The summed E-state index contributed by atoms with van der Waals surface area (Å²) in [5.74, 6) is -0.473. The van der Waals surface area contributed by atoms with Crippen LogP contribution in [0.4, 0.5) is 0 Å². The van der Waals surface area contributed by atoms with Gasteiger partial charge in [-0.25, -0.2) is 4.79 Å². The molecule has 100 valence electrons. The van der Waals surface area contributed by atoms with E-state index >= 15 is 0 Å². The maximum atomic E-state index is 12.0. The van der Waals surface area contributed by atoms with Crippen LogP contribution in [-0.2, 0) is 0 Å².